The van der Waals surface area contributed by atoms with Crippen molar-refractivity contribution in [3.8, 4) is 28.7 Å². The Labute approximate surface area is 283 Å². The average molecular weight is 669 g/mol. The fraction of sp³-hybridized carbons (Fsp3) is 0.306. The molecule has 1 saturated heterocycles. The topological polar surface area (TPSA) is 163 Å². The molecular weight excluding hydrogens is 632 g/mol. The Morgan fingerprint density at radius 1 is 1.08 bits per heavy atom. The molecule has 6 rings (SSSR count). The van der Waals surface area contributed by atoms with Crippen LogP contribution in [0.2, 0.25) is 5.02 Å². The predicted molar refractivity (Wildman–Crippen MR) is 183 cm³/mol. The quantitative estimate of drug-likeness (QED) is 0.130. The first-order valence-corrected chi connectivity index (χ1v) is 16.1. The molecule has 11 nitrogen and oxygen atoms in total. The van der Waals surface area contributed by atoms with Gasteiger partial charge in [-0.15, -0.1) is 0 Å². The second kappa shape index (κ2) is 14.6. The molecule has 1 aliphatic heterocycles. The number of fused-ring (bicyclic) bond motifs is 1. The normalized spacial score (nSPS) is 15.8. The number of benzene rings is 3. The molecule has 5 N–H and O–H groups in total. The van der Waals surface area contributed by atoms with E-state index in [1.54, 1.807) is 24.4 Å². The molecule has 0 aliphatic carbocycles. The third-order valence-corrected chi connectivity index (χ3v) is 8.90. The summed E-state index contributed by atoms with van der Waals surface area (Å²) in [6.45, 7) is 4.39. The molecule has 1 aliphatic rings. The zero-order valence-corrected chi connectivity index (χ0v) is 27.4. The number of hydrogen-bond donors (Lipinski definition) is 4. The molecule has 3 heterocycles. The lowest BCUT2D eigenvalue weighted by atomic mass is 9.96. The molecule has 0 spiro atoms. The number of aliphatic hydroxyl groups excluding tert-OH is 2. The molecular formula is C36H37ClN6O5. The number of nitrogens with one attached hydrogen (secondary N) is 1. The van der Waals surface area contributed by atoms with Gasteiger partial charge in [0.05, 0.1) is 36.0 Å². The Kier molecular flexibility index (Phi) is 10.1. The third-order valence-electron chi connectivity index (χ3n) is 8.61. The minimum atomic E-state index is -0.506. The van der Waals surface area contributed by atoms with Crippen LogP contribution in [-0.2, 0) is 19.8 Å². The molecule has 5 aromatic rings. The van der Waals surface area contributed by atoms with Gasteiger partial charge in [0.2, 0.25) is 0 Å². The summed E-state index contributed by atoms with van der Waals surface area (Å²) in [5.41, 5.74) is 13.6. The second-order valence-electron chi connectivity index (χ2n) is 11.9. The van der Waals surface area contributed by atoms with Crippen molar-refractivity contribution in [2.75, 3.05) is 18.1 Å². The van der Waals surface area contributed by atoms with Gasteiger partial charge in [0.1, 0.15) is 36.3 Å². The molecule has 0 radical (unpaired) electrons. The summed E-state index contributed by atoms with van der Waals surface area (Å²) < 4.78 is 18.5. The highest BCUT2D eigenvalue weighted by Crippen LogP contribution is 2.36. The maximum atomic E-state index is 9.52. The van der Waals surface area contributed by atoms with Crippen LogP contribution in [0.3, 0.4) is 0 Å². The first-order valence-electron chi connectivity index (χ1n) is 15.7. The highest BCUT2D eigenvalue weighted by Gasteiger charge is 2.35. The van der Waals surface area contributed by atoms with Crippen LogP contribution < -0.4 is 25.4 Å². The van der Waals surface area contributed by atoms with Crippen molar-refractivity contribution in [1.29, 1.82) is 5.26 Å². The molecule has 0 bridgehead atoms. The molecule has 3 aromatic carbocycles. The van der Waals surface area contributed by atoms with Crippen molar-refractivity contribution in [3.05, 3.63) is 99.8 Å². The number of ether oxygens (including phenoxy) is 2. The summed E-state index contributed by atoms with van der Waals surface area (Å²) in [7, 11) is 0. The number of anilines is 1. The van der Waals surface area contributed by atoms with E-state index in [2.05, 4.69) is 36.3 Å². The van der Waals surface area contributed by atoms with Gasteiger partial charge in [-0.25, -0.2) is 0 Å². The number of halogens is 1. The third kappa shape index (κ3) is 7.08. The Bertz CT molecular complexity index is 1950. The largest absolute Gasteiger partial charge is 0.488 e. The molecule has 0 amide bonds. The summed E-state index contributed by atoms with van der Waals surface area (Å²) in [6, 6.07) is 19.7. The number of oxazole rings is 1. The summed E-state index contributed by atoms with van der Waals surface area (Å²) in [4.78, 5) is 10.8. The molecule has 2 aromatic heterocycles. The second-order valence-corrected chi connectivity index (χ2v) is 12.3. The average Bonchev–Trinajstić information content (AvgIpc) is 3.50. The van der Waals surface area contributed by atoms with Crippen molar-refractivity contribution < 1.29 is 24.1 Å². The zero-order chi connectivity index (χ0) is 33.8. The van der Waals surface area contributed by atoms with Gasteiger partial charge < -0.3 is 40.1 Å². The predicted octanol–water partition coefficient (Wildman–Crippen LogP) is 5.21. The van der Waals surface area contributed by atoms with Crippen molar-refractivity contribution in [2.24, 2.45) is 5.73 Å². The van der Waals surface area contributed by atoms with Gasteiger partial charge in [-0.05, 0) is 60.4 Å². The molecule has 1 fully saturated rings. The first kappa shape index (κ1) is 33.2. The lowest BCUT2D eigenvalue weighted by Gasteiger charge is -2.43. The van der Waals surface area contributed by atoms with Crippen molar-refractivity contribution >= 4 is 28.7 Å². The van der Waals surface area contributed by atoms with E-state index in [4.69, 9.17) is 36.2 Å². The monoisotopic (exact) mass is 668 g/mol. The number of rotatable bonds is 13. The van der Waals surface area contributed by atoms with Crippen LogP contribution in [0.15, 0.2) is 71.4 Å². The van der Waals surface area contributed by atoms with Crippen LogP contribution in [0.4, 0.5) is 6.01 Å². The summed E-state index contributed by atoms with van der Waals surface area (Å²) >= 11 is 6.71. The number of aromatic nitrogens is 2. The Morgan fingerprint density at radius 2 is 1.90 bits per heavy atom. The summed E-state index contributed by atoms with van der Waals surface area (Å²) in [5.74, 6) is 0.929. The number of nitrogens with zero attached hydrogens (tertiary/aromatic N) is 4. The Hall–Kier alpha value is -4.70. The van der Waals surface area contributed by atoms with Crippen LogP contribution in [0.1, 0.15) is 41.2 Å². The van der Waals surface area contributed by atoms with Gasteiger partial charge in [-0.3, -0.25) is 4.98 Å². The number of nitrogens with two attached hydrogens (primary N) is 1. The first-order chi connectivity index (χ1) is 23.3. The van der Waals surface area contributed by atoms with E-state index in [0.29, 0.717) is 45.3 Å². The van der Waals surface area contributed by atoms with E-state index in [9.17, 15) is 15.5 Å². The number of pyridine rings is 1. The van der Waals surface area contributed by atoms with Gasteiger partial charge in [-0.2, -0.15) is 10.2 Å². The van der Waals surface area contributed by atoms with Crippen molar-refractivity contribution in [1.82, 2.24) is 15.3 Å². The van der Waals surface area contributed by atoms with Crippen LogP contribution in [0.25, 0.3) is 22.2 Å². The molecule has 12 heteroatoms. The molecule has 0 saturated carbocycles. The van der Waals surface area contributed by atoms with Gasteiger partial charge >= 0.3 is 0 Å². The van der Waals surface area contributed by atoms with Crippen LogP contribution in [-0.4, -0.2) is 51.6 Å². The lowest BCUT2D eigenvalue weighted by molar-refractivity contribution is 0.170. The van der Waals surface area contributed by atoms with Crippen LogP contribution in [0.5, 0.6) is 11.5 Å². The highest BCUT2D eigenvalue weighted by atomic mass is 35.5. The van der Waals surface area contributed by atoms with Gasteiger partial charge in [-0.1, -0.05) is 35.9 Å². The summed E-state index contributed by atoms with van der Waals surface area (Å²) in [6.07, 6.45) is 3.95. The zero-order valence-electron chi connectivity index (χ0n) is 26.7. The van der Waals surface area contributed by atoms with E-state index in [1.807, 2.05) is 35.2 Å². The van der Waals surface area contributed by atoms with E-state index >= 15 is 0 Å². The van der Waals surface area contributed by atoms with Crippen molar-refractivity contribution in [2.45, 2.75) is 58.3 Å². The fourth-order valence-electron chi connectivity index (χ4n) is 5.79. The van der Waals surface area contributed by atoms with E-state index in [-0.39, 0.29) is 39.1 Å². The van der Waals surface area contributed by atoms with Gasteiger partial charge in [0, 0.05) is 48.6 Å². The smallest absolute Gasteiger partial charge is 0.299 e. The maximum Gasteiger partial charge on any atom is 0.299 e. The standard InChI is InChI=1S/C36H37ClN6O5/c1-21-8-35(39)43(21)36-42-31-11-25(6-7-32(31)48-36)29-5-3-4-26(22(29)2)20-47-34-12-33(46-19-24-9-23(13-38)14-40-15-24)27(10-30(34)37)16-41-28(17-44)18-45/h3-7,9-12,14-15,21,28,35,41,44-45H,8,16-20,39H2,1-2H3/t21-,35?/m1/s1. The number of nitriles is 1. The minimum absolute atomic E-state index is 0.0841. The van der Waals surface area contributed by atoms with Gasteiger partial charge in [0.25, 0.3) is 6.01 Å². The highest BCUT2D eigenvalue weighted by molar-refractivity contribution is 6.32. The number of hydrogen-bond acceptors (Lipinski definition) is 11. The van der Waals surface area contributed by atoms with Crippen LogP contribution in [0, 0.1) is 18.3 Å². The molecule has 2 atom stereocenters. The minimum Gasteiger partial charge on any atom is -0.488 e. The Balaban J connectivity index is 1.22. The maximum absolute atomic E-state index is 9.52. The lowest BCUT2D eigenvalue weighted by Crippen LogP contribution is -2.59. The van der Waals surface area contributed by atoms with E-state index < -0.39 is 6.04 Å². The fourth-order valence-corrected chi connectivity index (χ4v) is 6.03. The van der Waals surface area contributed by atoms with Crippen LogP contribution >= 0.6 is 11.6 Å². The van der Waals surface area contributed by atoms with E-state index in [1.165, 1.54) is 6.20 Å². The molecule has 48 heavy (non-hydrogen) atoms. The SMILES string of the molecule is Cc1c(COc2cc(OCc3cncc(C#N)c3)c(CNC(CO)CO)cc2Cl)cccc1-c1ccc2oc(N3C(N)C[C@H]3C)nc2c1. The Morgan fingerprint density at radius 3 is 2.65 bits per heavy atom. The van der Waals surface area contributed by atoms with E-state index in [0.717, 1.165) is 39.8 Å². The summed E-state index contributed by atoms with van der Waals surface area (Å²) in [5, 5.41) is 31.8. The molecule has 248 valence electrons. The molecule has 1 unspecified atom stereocenters. The van der Waals surface area contributed by atoms with Crippen molar-refractivity contribution in [3.63, 3.8) is 0 Å². The van der Waals surface area contributed by atoms with Gasteiger partial charge in [0.15, 0.2) is 5.58 Å². The number of aliphatic hydroxyl groups is 2.